The van der Waals surface area contributed by atoms with Crippen molar-refractivity contribution < 1.29 is 17.9 Å². The average Bonchev–Trinajstić information content (AvgIpc) is 3.03. The maximum absolute atomic E-state index is 12.2. The van der Waals surface area contributed by atoms with Gasteiger partial charge in [0.25, 0.3) is 0 Å². The van der Waals surface area contributed by atoms with Gasteiger partial charge in [-0.15, -0.1) is 11.3 Å². The van der Waals surface area contributed by atoms with Gasteiger partial charge < -0.3 is 4.74 Å². The molecule has 5 nitrogen and oxygen atoms in total. The Morgan fingerprint density at radius 2 is 2.09 bits per heavy atom. The van der Waals surface area contributed by atoms with Crippen LogP contribution in [0.5, 0.6) is 0 Å². The van der Waals surface area contributed by atoms with E-state index in [9.17, 15) is 13.2 Å². The summed E-state index contributed by atoms with van der Waals surface area (Å²) in [6.45, 7) is -0.107. The lowest BCUT2D eigenvalue weighted by Gasteiger charge is -2.04. The summed E-state index contributed by atoms with van der Waals surface area (Å²) < 4.78 is 31.3. The number of nitrogens with one attached hydrogen (secondary N) is 1. The highest BCUT2D eigenvalue weighted by Gasteiger charge is 2.23. The molecule has 2 aromatic rings. The topological polar surface area (TPSA) is 72.5 Å². The Balaban J connectivity index is 2.11. The van der Waals surface area contributed by atoms with Crippen molar-refractivity contribution >= 4 is 38.9 Å². The third-order valence-electron chi connectivity index (χ3n) is 2.74. The van der Waals surface area contributed by atoms with Gasteiger partial charge in [0, 0.05) is 5.56 Å². The predicted octanol–water partition coefficient (Wildman–Crippen LogP) is 2.52. The lowest BCUT2D eigenvalue weighted by molar-refractivity contribution is 0.0602. The standard InChI is InChI=1S/C15H12ClNO4S2/c1-21-15(18)14-13(8-10-22-14)23(19,20)17-9-4-6-11-5-2-3-7-12(11)16/h2-3,5,7-8,10,17H,9H2,1H3. The van der Waals surface area contributed by atoms with Gasteiger partial charge in [-0.1, -0.05) is 35.6 Å². The second kappa shape index (κ2) is 7.62. The monoisotopic (exact) mass is 369 g/mol. The molecule has 0 saturated carbocycles. The Hall–Kier alpha value is -1.85. The fourth-order valence-electron chi connectivity index (χ4n) is 1.66. The lowest BCUT2D eigenvalue weighted by Crippen LogP contribution is -2.25. The minimum atomic E-state index is -3.84. The molecule has 0 aliphatic heterocycles. The van der Waals surface area contributed by atoms with Crippen molar-refractivity contribution in [3.8, 4) is 11.8 Å². The molecule has 1 heterocycles. The molecule has 120 valence electrons. The summed E-state index contributed by atoms with van der Waals surface area (Å²) >= 11 is 6.95. The maximum Gasteiger partial charge on any atom is 0.349 e. The van der Waals surface area contributed by atoms with Crippen LogP contribution in [-0.2, 0) is 14.8 Å². The van der Waals surface area contributed by atoms with Gasteiger partial charge in [-0.05, 0) is 23.6 Å². The summed E-state index contributed by atoms with van der Waals surface area (Å²) in [5.41, 5.74) is 0.610. The van der Waals surface area contributed by atoms with Gasteiger partial charge in [-0.3, -0.25) is 0 Å². The largest absolute Gasteiger partial charge is 0.465 e. The summed E-state index contributed by atoms with van der Waals surface area (Å²) in [7, 11) is -2.65. The van der Waals surface area contributed by atoms with E-state index in [2.05, 4.69) is 21.3 Å². The van der Waals surface area contributed by atoms with Crippen molar-refractivity contribution in [1.82, 2.24) is 4.72 Å². The van der Waals surface area contributed by atoms with Gasteiger partial charge in [0.1, 0.15) is 9.77 Å². The lowest BCUT2D eigenvalue weighted by atomic mass is 10.2. The molecule has 1 N–H and O–H groups in total. The molecule has 1 aromatic heterocycles. The minimum Gasteiger partial charge on any atom is -0.465 e. The Morgan fingerprint density at radius 3 is 2.78 bits per heavy atom. The van der Waals surface area contributed by atoms with E-state index in [1.165, 1.54) is 18.6 Å². The summed E-state index contributed by atoms with van der Waals surface area (Å²) in [4.78, 5) is 11.5. The van der Waals surface area contributed by atoms with Gasteiger partial charge in [0.05, 0.1) is 18.7 Å². The normalized spacial score (nSPS) is 10.7. The van der Waals surface area contributed by atoms with E-state index in [1.54, 1.807) is 24.3 Å². The van der Waals surface area contributed by atoms with Crippen LogP contribution in [0, 0.1) is 11.8 Å². The zero-order valence-electron chi connectivity index (χ0n) is 12.0. The van der Waals surface area contributed by atoms with Gasteiger partial charge in [0.2, 0.25) is 10.0 Å². The summed E-state index contributed by atoms with van der Waals surface area (Å²) in [6.07, 6.45) is 0. The number of halogens is 1. The van der Waals surface area contributed by atoms with Crippen molar-refractivity contribution in [1.29, 1.82) is 0 Å². The number of thiophene rings is 1. The van der Waals surface area contributed by atoms with Crippen LogP contribution in [0.1, 0.15) is 15.2 Å². The highest BCUT2D eigenvalue weighted by Crippen LogP contribution is 2.22. The number of hydrogen-bond donors (Lipinski definition) is 1. The summed E-state index contributed by atoms with van der Waals surface area (Å²) in [6, 6.07) is 8.34. The fraction of sp³-hybridized carbons (Fsp3) is 0.133. The van der Waals surface area contributed by atoms with Gasteiger partial charge in [-0.25, -0.2) is 13.2 Å². The maximum atomic E-state index is 12.2. The average molecular weight is 370 g/mol. The van der Waals surface area contributed by atoms with Crippen LogP contribution in [0.15, 0.2) is 40.6 Å². The van der Waals surface area contributed by atoms with Crippen LogP contribution in [0.2, 0.25) is 5.02 Å². The molecule has 0 spiro atoms. The molecular formula is C15H12ClNO4S2. The molecule has 0 aliphatic rings. The Kier molecular flexibility index (Phi) is 5.80. The number of carbonyl (C=O) groups is 1. The minimum absolute atomic E-state index is 0.0269. The SMILES string of the molecule is COC(=O)c1sccc1S(=O)(=O)NCC#Cc1ccccc1Cl. The van der Waals surface area contributed by atoms with E-state index in [1.807, 2.05) is 0 Å². The zero-order chi connectivity index (χ0) is 16.9. The molecule has 0 aliphatic carbocycles. The molecule has 2 rings (SSSR count). The Morgan fingerprint density at radius 1 is 1.35 bits per heavy atom. The number of carbonyl (C=O) groups excluding carboxylic acids is 1. The molecule has 0 radical (unpaired) electrons. The Bertz CT molecular complexity index is 878. The third kappa shape index (κ3) is 4.33. The second-order valence-corrected chi connectivity index (χ2v) is 7.27. The molecule has 23 heavy (non-hydrogen) atoms. The van der Waals surface area contributed by atoms with Crippen LogP contribution in [-0.4, -0.2) is 28.0 Å². The first-order valence-electron chi connectivity index (χ1n) is 6.34. The van der Waals surface area contributed by atoms with Crippen LogP contribution in [0.25, 0.3) is 0 Å². The first kappa shape index (κ1) is 17.5. The molecule has 0 fully saturated rings. The number of methoxy groups -OCH3 is 1. The number of hydrogen-bond acceptors (Lipinski definition) is 5. The van der Waals surface area contributed by atoms with Gasteiger partial charge in [0.15, 0.2) is 0 Å². The first-order valence-corrected chi connectivity index (χ1v) is 9.08. The number of sulfonamides is 1. The van der Waals surface area contributed by atoms with Crippen LogP contribution in [0.3, 0.4) is 0 Å². The van der Waals surface area contributed by atoms with Gasteiger partial charge in [-0.2, -0.15) is 4.72 Å². The van der Waals surface area contributed by atoms with E-state index in [0.717, 1.165) is 11.3 Å². The number of rotatable bonds is 4. The van der Waals surface area contributed by atoms with E-state index >= 15 is 0 Å². The molecule has 1 aromatic carbocycles. The van der Waals surface area contributed by atoms with Crippen molar-refractivity contribution in [3.05, 3.63) is 51.2 Å². The quantitative estimate of drug-likeness (QED) is 0.664. The number of ether oxygens (including phenoxy) is 1. The molecule has 8 heteroatoms. The van der Waals surface area contributed by atoms with Crippen molar-refractivity contribution in [2.75, 3.05) is 13.7 Å². The zero-order valence-corrected chi connectivity index (χ0v) is 14.4. The molecule has 0 unspecified atom stereocenters. The van der Waals surface area contributed by atoms with E-state index < -0.39 is 16.0 Å². The molecule has 0 atom stereocenters. The molecule has 0 bridgehead atoms. The highest BCUT2D eigenvalue weighted by molar-refractivity contribution is 7.89. The first-order chi connectivity index (χ1) is 11.0. The third-order valence-corrected chi connectivity index (χ3v) is 5.53. The van der Waals surface area contributed by atoms with Crippen LogP contribution >= 0.6 is 22.9 Å². The van der Waals surface area contributed by atoms with Gasteiger partial charge >= 0.3 is 5.97 Å². The van der Waals surface area contributed by atoms with Crippen LogP contribution in [0.4, 0.5) is 0 Å². The molecule has 0 amide bonds. The smallest absolute Gasteiger partial charge is 0.349 e. The highest BCUT2D eigenvalue weighted by atomic mass is 35.5. The van der Waals surface area contributed by atoms with E-state index in [0.29, 0.717) is 10.6 Å². The van der Waals surface area contributed by atoms with E-state index in [-0.39, 0.29) is 16.3 Å². The number of benzene rings is 1. The van der Waals surface area contributed by atoms with E-state index in [4.69, 9.17) is 11.6 Å². The Labute approximate surface area is 143 Å². The number of esters is 1. The summed E-state index contributed by atoms with van der Waals surface area (Å²) in [5.74, 6) is 4.78. The molecular weight excluding hydrogens is 358 g/mol. The fourth-order valence-corrected chi connectivity index (χ4v) is 4.10. The van der Waals surface area contributed by atoms with Crippen molar-refractivity contribution in [3.63, 3.8) is 0 Å². The molecule has 0 saturated heterocycles. The predicted molar refractivity (Wildman–Crippen MR) is 89.2 cm³/mol. The van der Waals surface area contributed by atoms with Crippen molar-refractivity contribution in [2.24, 2.45) is 0 Å². The second-order valence-electron chi connectivity index (χ2n) is 4.21. The van der Waals surface area contributed by atoms with Crippen molar-refractivity contribution in [2.45, 2.75) is 4.90 Å². The van der Waals surface area contributed by atoms with Crippen LogP contribution < -0.4 is 4.72 Å². The summed E-state index contributed by atoms with van der Waals surface area (Å²) in [5, 5.41) is 2.00.